The number of para-hydroxylation sites is 4. The lowest BCUT2D eigenvalue weighted by molar-refractivity contribution is 0.824. The third-order valence-corrected chi connectivity index (χ3v) is 23.6. The van der Waals surface area contributed by atoms with Crippen LogP contribution in [0, 0.1) is 0 Å². The Kier molecular flexibility index (Phi) is 26.2. The number of hydrogen-bond donors (Lipinski definition) is 4. The summed E-state index contributed by atoms with van der Waals surface area (Å²) in [6, 6.07) is 64.7. The quantitative estimate of drug-likeness (QED) is 0.0414. The van der Waals surface area contributed by atoms with E-state index in [1.807, 2.05) is 122 Å². The molecule has 4 aliphatic heterocycles. The standard InChI is InChI=1S/4C24H24ClN5/c4*25-17-9-10-19-20(11-13-27-23(19)16-17)26-12-5-8-22-18-6-1-2-7-21(18)28-24(29-22)30-14-3-4-15-30/h4*1-2,6-7,9-11,13,16H,3-5,8,12,14-15H2,(H,26,27). The zero-order valence-corrected chi connectivity index (χ0v) is 70.3. The largest absolute Gasteiger partial charge is 0.384 e. The van der Waals surface area contributed by atoms with Gasteiger partial charge in [-0.2, -0.15) is 0 Å². The van der Waals surface area contributed by atoms with Gasteiger partial charge in [-0.1, -0.05) is 119 Å². The van der Waals surface area contributed by atoms with E-state index in [1.54, 1.807) is 0 Å². The zero-order valence-electron chi connectivity index (χ0n) is 67.3. The third kappa shape index (κ3) is 19.8. The first-order valence-corrected chi connectivity index (χ1v) is 43.8. The number of pyridine rings is 4. The highest BCUT2D eigenvalue weighted by Crippen LogP contribution is 2.33. The molecule has 0 bridgehead atoms. The number of nitrogens with zero attached hydrogens (tertiary/aromatic N) is 16. The third-order valence-electron chi connectivity index (χ3n) is 22.7. The molecule has 4 fully saturated rings. The molecule has 24 heteroatoms. The molecular weight excluding hydrogens is 1580 g/mol. The summed E-state index contributed by atoms with van der Waals surface area (Å²) in [7, 11) is 0. The molecule has 0 atom stereocenters. The molecule has 20 rings (SSSR count). The van der Waals surface area contributed by atoms with Crippen LogP contribution >= 0.6 is 46.4 Å². The van der Waals surface area contributed by atoms with Crippen LogP contribution in [-0.2, 0) is 25.7 Å². The van der Waals surface area contributed by atoms with Gasteiger partial charge in [-0.25, -0.2) is 39.9 Å². The van der Waals surface area contributed by atoms with Crippen LogP contribution in [0.5, 0.6) is 0 Å². The number of nitrogens with one attached hydrogen (secondary N) is 4. The predicted molar refractivity (Wildman–Crippen MR) is 498 cm³/mol. The van der Waals surface area contributed by atoms with Crippen LogP contribution in [0.2, 0.25) is 20.1 Å². The lowest BCUT2D eigenvalue weighted by Crippen LogP contribution is -2.21. The monoisotopic (exact) mass is 1670 g/mol. The summed E-state index contributed by atoms with van der Waals surface area (Å²) in [5.41, 5.74) is 16.7. The molecule has 4 N–H and O–H groups in total. The molecule has 120 heavy (non-hydrogen) atoms. The molecule has 16 aromatic rings. The summed E-state index contributed by atoms with van der Waals surface area (Å²) in [5, 5.41) is 26.0. The zero-order chi connectivity index (χ0) is 81.4. The molecule has 608 valence electrons. The number of hydrogen-bond acceptors (Lipinski definition) is 20. The van der Waals surface area contributed by atoms with Crippen molar-refractivity contribution in [3.63, 3.8) is 0 Å². The number of aromatic nitrogens is 12. The second-order valence-electron chi connectivity index (χ2n) is 30.9. The van der Waals surface area contributed by atoms with Crippen LogP contribution in [0.15, 0.2) is 219 Å². The fourth-order valence-corrected chi connectivity index (χ4v) is 17.2. The van der Waals surface area contributed by atoms with Crippen molar-refractivity contribution in [2.75, 3.05) is 119 Å². The summed E-state index contributed by atoms with van der Waals surface area (Å²) in [4.78, 5) is 66.0. The van der Waals surface area contributed by atoms with Crippen LogP contribution in [0.25, 0.3) is 87.2 Å². The van der Waals surface area contributed by atoms with Crippen molar-refractivity contribution >= 4 is 180 Å². The number of rotatable bonds is 24. The van der Waals surface area contributed by atoms with Gasteiger partial charge < -0.3 is 40.9 Å². The number of halogens is 4. The maximum atomic E-state index is 6.10. The molecular formula is C96H96Cl4N20. The van der Waals surface area contributed by atoms with E-state index in [2.05, 4.69) is 158 Å². The lowest BCUT2D eigenvalue weighted by atomic mass is 10.1. The molecule has 0 radical (unpaired) electrons. The summed E-state index contributed by atoms with van der Waals surface area (Å²) in [6.07, 6.45) is 24.6. The molecule has 0 unspecified atom stereocenters. The van der Waals surface area contributed by atoms with Crippen LogP contribution in [-0.4, -0.2) is 138 Å². The van der Waals surface area contributed by atoms with Crippen molar-refractivity contribution in [2.45, 2.75) is 103 Å². The number of anilines is 8. The first kappa shape index (κ1) is 80.7. The topological polar surface area (TPSA) is 216 Å². The smallest absolute Gasteiger partial charge is 0.226 e. The highest BCUT2D eigenvalue weighted by Gasteiger charge is 2.23. The summed E-state index contributed by atoms with van der Waals surface area (Å²) in [5.74, 6) is 3.52. The van der Waals surface area contributed by atoms with E-state index in [0.717, 1.165) is 286 Å². The Bertz CT molecular complexity index is 5500. The van der Waals surface area contributed by atoms with Gasteiger partial charge in [-0.3, -0.25) is 19.9 Å². The predicted octanol–water partition coefficient (Wildman–Crippen LogP) is 21.9. The Morgan fingerprint density at radius 3 is 0.675 bits per heavy atom. The second-order valence-corrected chi connectivity index (χ2v) is 32.7. The van der Waals surface area contributed by atoms with Gasteiger partial charge in [0.15, 0.2) is 0 Å². The van der Waals surface area contributed by atoms with E-state index in [4.69, 9.17) is 86.3 Å². The highest BCUT2D eigenvalue weighted by atomic mass is 35.5. The minimum atomic E-state index is 0.705. The average Bonchev–Trinajstić information content (AvgIpc) is 1.44. The van der Waals surface area contributed by atoms with Gasteiger partial charge in [0, 0.05) is 189 Å². The molecule has 0 amide bonds. The first-order chi connectivity index (χ1) is 59.1. The number of fused-ring (bicyclic) bond motifs is 8. The van der Waals surface area contributed by atoms with Crippen molar-refractivity contribution in [3.8, 4) is 0 Å². The van der Waals surface area contributed by atoms with Crippen molar-refractivity contribution in [1.82, 2.24) is 59.8 Å². The average molecular weight is 1670 g/mol. The Hall–Kier alpha value is -11.7. The van der Waals surface area contributed by atoms with E-state index < -0.39 is 0 Å². The molecule has 0 spiro atoms. The molecule has 12 heterocycles. The van der Waals surface area contributed by atoms with E-state index >= 15 is 0 Å². The summed E-state index contributed by atoms with van der Waals surface area (Å²) in [6.45, 7) is 11.9. The highest BCUT2D eigenvalue weighted by molar-refractivity contribution is 6.32. The van der Waals surface area contributed by atoms with E-state index in [9.17, 15) is 0 Å². The van der Waals surface area contributed by atoms with E-state index in [1.165, 1.54) is 51.4 Å². The van der Waals surface area contributed by atoms with Gasteiger partial charge in [0.2, 0.25) is 23.8 Å². The molecule has 0 saturated carbocycles. The van der Waals surface area contributed by atoms with Gasteiger partial charge in [0.25, 0.3) is 0 Å². The fraction of sp³-hybridized carbons (Fsp3) is 0.292. The Labute approximate surface area is 719 Å². The van der Waals surface area contributed by atoms with Crippen molar-refractivity contribution in [2.24, 2.45) is 0 Å². The van der Waals surface area contributed by atoms with Crippen LogP contribution in [0.1, 0.15) is 99.8 Å². The Morgan fingerprint density at radius 2 is 0.450 bits per heavy atom. The number of benzene rings is 8. The Morgan fingerprint density at radius 1 is 0.233 bits per heavy atom. The van der Waals surface area contributed by atoms with Crippen LogP contribution < -0.4 is 40.9 Å². The van der Waals surface area contributed by atoms with Crippen molar-refractivity contribution in [3.05, 3.63) is 262 Å². The van der Waals surface area contributed by atoms with Crippen molar-refractivity contribution < 1.29 is 0 Å². The van der Waals surface area contributed by atoms with Gasteiger partial charge in [-0.05, 0) is 224 Å². The molecule has 4 saturated heterocycles. The van der Waals surface area contributed by atoms with Gasteiger partial charge in [-0.15, -0.1) is 0 Å². The molecule has 20 nitrogen and oxygen atoms in total. The normalized spacial score (nSPS) is 14.0. The van der Waals surface area contributed by atoms with Crippen molar-refractivity contribution in [1.29, 1.82) is 0 Å². The Balaban J connectivity index is 0.000000114. The lowest BCUT2D eigenvalue weighted by Gasteiger charge is -2.17. The molecule has 4 aliphatic rings. The van der Waals surface area contributed by atoms with Gasteiger partial charge >= 0.3 is 0 Å². The molecule has 8 aromatic carbocycles. The summed E-state index contributed by atoms with van der Waals surface area (Å²) >= 11 is 24.4. The molecule has 8 aromatic heterocycles. The van der Waals surface area contributed by atoms with Gasteiger partial charge in [0.05, 0.1) is 66.9 Å². The summed E-state index contributed by atoms with van der Waals surface area (Å²) < 4.78 is 0. The first-order valence-electron chi connectivity index (χ1n) is 42.3. The van der Waals surface area contributed by atoms with Gasteiger partial charge in [0.1, 0.15) is 0 Å². The van der Waals surface area contributed by atoms with Crippen LogP contribution in [0.3, 0.4) is 0 Å². The maximum Gasteiger partial charge on any atom is 0.226 e. The second kappa shape index (κ2) is 39.0. The van der Waals surface area contributed by atoms with E-state index in [0.29, 0.717) is 20.1 Å². The number of aryl methyl sites for hydroxylation is 4. The minimum Gasteiger partial charge on any atom is -0.384 e. The van der Waals surface area contributed by atoms with E-state index in [-0.39, 0.29) is 0 Å². The molecule has 0 aliphatic carbocycles. The minimum absolute atomic E-state index is 0.705. The fourth-order valence-electron chi connectivity index (χ4n) is 16.5. The van der Waals surface area contributed by atoms with Crippen LogP contribution in [0.4, 0.5) is 46.5 Å². The maximum absolute atomic E-state index is 6.10. The SMILES string of the molecule is Clc1ccc2c(NCCCc3nc(N4CCCC4)nc4ccccc34)ccnc2c1.Clc1ccc2c(NCCCc3nc(N4CCCC4)nc4ccccc34)ccnc2c1.Clc1ccc2c(NCCCc3nc(N4CCCC4)nc4ccccc34)ccnc2c1.Clc1ccc2c(NCCCc3nc(N4CCCC4)nc4ccccc34)ccnc2c1.